The van der Waals surface area contributed by atoms with Gasteiger partial charge in [-0.1, -0.05) is 5.16 Å². The van der Waals surface area contributed by atoms with E-state index in [0.29, 0.717) is 0 Å². The lowest BCUT2D eigenvalue weighted by Crippen LogP contribution is -2.25. The molecule has 0 radical (unpaired) electrons. The number of hydroxylamine groups is 2. The van der Waals surface area contributed by atoms with Crippen molar-refractivity contribution in [2.45, 2.75) is 0 Å². The number of nitrogen functional groups attached to an aromatic ring is 1. The van der Waals surface area contributed by atoms with Crippen molar-refractivity contribution in [3.8, 4) is 0 Å². The second-order valence-corrected chi connectivity index (χ2v) is 2.10. The van der Waals surface area contributed by atoms with Crippen molar-refractivity contribution >= 4 is 11.8 Å². The third-order valence-electron chi connectivity index (χ3n) is 1.31. The smallest absolute Gasteiger partial charge is 0.299 e. The molecule has 1 amide bonds. The monoisotopic (exact) mass is 171 g/mol. The van der Waals surface area contributed by atoms with Crippen LogP contribution < -0.4 is 5.73 Å². The van der Waals surface area contributed by atoms with Crippen molar-refractivity contribution in [3.05, 3.63) is 11.8 Å². The molecule has 0 aromatic carbocycles. The molecule has 6 nitrogen and oxygen atoms in total. The number of hydrogen-bond donors (Lipinski definition) is 1. The van der Waals surface area contributed by atoms with E-state index in [-0.39, 0.29) is 11.6 Å². The van der Waals surface area contributed by atoms with Crippen molar-refractivity contribution in [1.82, 2.24) is 10.2 Å². The number of amides is 1. The van der Waals surface area contributed by atoms with E-state index in [1.54, 1.807) is 0 Å². The van der Waals surface area contributed by atoms with Gasteiger partial charge in [-0.25, -0.2) is 5.06 Å². The van der Waals surface area contributed by atoms with Crippen LogP contribution in [0.5, 0.6) is 0 Å². The van der Waals surface area contributed by atoms with Crippen molar-refractivity contribution in [2.24, 2.45) is 0 Å². The molecule has 1 heterocycles. The molecule has 0 aliphatic heterocycles. The second kappa shape index (κ2) is 3.22. The largest absolute Gasteiger partial charge is 0.368 e. The van der Waals surface area contributed by atoms with Gasteiger partial charge >= 0.3 is 0 Å². The summed E-state index contributed by atoms with van der Waals surface area (Å²) in [6.45, 7) is 0. The third kappa shape index (κ3) is 1.54. The van der Waals surface area contributed by atoms with E-state index in [4.69, 9.17) is 5.73 Å². The van der Waals surface area contributed by atoms with Crippen LogP contribution in [0.25, 0.3) is 0 Å². The Balaban J connectivity index is 2.78. The molecule has 0 unspecified atom stereocenters. The summed E-state index contributed by atoms with van der Waals surface area (Å²) >= 11 is 0. The van der Waals surface area contributed by atoms with Crippen LogP contribution >= 0.6 is 0 Å². The molecule has 1 aromatic heterocycles. The van der Waals surface area contributed by atoms with Crippen LogP contribution in [0.1, 0.15) is 10.5 Å². The number of carbonyl (C=O) groups is 1. The van der Waals surface area contributed by atoms with Gasteiger partial charge in [-0.15, -0.1) is 0 Å². The normalized spacial score (nSPS) is 9.83. The molecular weight excluding hydrogens is 162 g/mol. The van der Waals surface area contributed by atoms with Gasteiger partial charge in [0.1, 0.15) is 0 Å². The van der Waals surface area contributed by atoms with E-state index < -0.39 is 5.91 Å². The van der Waals surface area contributed by atoms with E-state index in [9.17, 15) is 4.79 Å². The molecule has 2 N–H and O–H groups in total. The van der Waals surface area contributed by atoms with Crippen molar-refractivity contribution in [1.29, 1.82) is 0 Å². The predicted octanol–water partition coefficient (Wildman–Crippen LogP) is -0.110. The summed E-state index contributed by atoms with van der Waals surface area (Å²) in [5, 5.41) is 4.44. The number of nitrogens with two attached hydrogens (primary N) is 1. The van der Waals surface area contributed by atoms with E-state index >= 15 is 0 Å². The highest BCUT2D eigenvalue weighted by Crippen LogP contribution is 2.06. The van der Waals surface area contributed by atoms with Gasteiger partial charge in [-0.2, -0.15) is 0 Å². The molecule has 12 heavy (non-hydrogen) atoms. The molecule has 66 valence electrons. The van der Waals surface area contributed by atoms with Gasteiger partial charge in [0.25, 0.3) is 5.91 Å². The average Bonchev–Trinajstić information content (AvgIpc) is 2.49. The molecule has 6 heteroatoms. The van der Waals surface area contributed by atoms with Gasteiger partial charge in [0, 0.05) is 13.1 Å². The lowest BCUT2D eigenvalue weighted by Gasteiger charge is -2.10. The van der Waals surface area contributed by atoms with Crippen molar-refractivity contribution in [3.63, 3.8) is 0 Å². The first-order chi connectivity index (χ1) is 5.65. The molecule has 0 bridgehead atoms. The molecule has 1 rings (SSSR count). The Hall–Kier alpha value is -1.56. The minimum atomic E-state index is -0.405. The van der Waals surface area contributed by atoms with Gasteiger partial charge in [0.15, 0.2) is 5.69 Å². The molecule has 0 spiro atoms. The topological polar surface area (TPSA) is 81.6 Å². The standard InChI is InChI=1S/C6H9N3O3/c1-9(11-2)6(10)4-3-5(7)12-8-4/h3H,7H2,1-2H3. The minimum absolute atomic E-state index is 0.0999. The van der Waals surface area contributed by atoms with E-state index in [2.05, 4.69) is 14.5 Å². The Morgan fingerprint density at radius 2 is 2.50 bits per heavy atom. The van der Waals surface area contributed by atoms with Crippen LogP contribution in [0.2, 0.25) is 0 Å². The lowest BCUT2D eigenvalue weighted by molar-refractivity contribution is -0.0762. The van der Waals surface area contributed by atoms with Crippen molar-refractivity contribution in [2.75, 3.05) is 19.9 Å². The fraction of sp³-hybridized carbons (Fsp3) is 0.333. The summed E-state index contributed by atoms with van der Waals surface area (Å²) in [7, 11) is 2.84. The molecule has 0 aliphatic carbocycles. The Morgan fingerprint density at radius 1 is 1.83 bits per heavy atom. The number of aromatic nitrogens is 1. The average molecular weight is 171 g/mol. The first-order valence-electron chi connectivity index (χ1n) is 3.19. The summed E-state index contributed by atoms with van der Waals surface area (Å²) < 4.78 is 4.51. The SMILES string of the molecule is CON(C)C(=O)c1cc(N)on1. The maximum atomic E-state index is 11.2. The van der Waals surface area contributed by atoms with Crippen LogP contribution in [-0.2, 0) is 4.84 Å². The third-order valence-corrected chi connectivity index (χ3v) is 1.31. The Morgan fingerprint density at radius 3 is 2.92 bits per heavy atom. The summed E-state index contributed by atoms with van der Waals surface area (Å²) in [5.41, 5.74) is 5.34. The molecule has 0 atom stereocenters. The number of carbonyl (C=O) groups excluding carboxylic acids is 1. The van der Waals surface area contributed by atoms with Crippen LogP contribution in [0.4, 0.5) is 5.88 Å². The highest BCUT2D eigenvalue weighted by atomic mass is 16.7. The highest BCUT2D eigenvalue weighted by molar-refractivity contribution is 5.91. The van der Waals surface area contributed by atoms with Crippen LogP contribution in [0.3, 0.4) is 0 Å². The minimum Gasteiger partial charge on any atom is -0.368 e. The number of nitrogens with zero attached hydrogens (tertiary/aromatic N) is 2. The number of rotatable bonds is 2. The summed E-state index contributed by atoms with van der Waals surface area (Å²) in [5.74, 6) is -0.305. The summed E-state index contributed by atoms with van der Waals surface area (Å²) in [4.78, 5) is 15.8. The Bertz CT molecular complexity index is 283. The maximum Gasteiger partial charge on any atom is 0.299 e. The van der Waals surface area contributed by atoms with E-state index in [1.807, 2.05) is 0 Å². The van der Waals surface area contributed by atoms with E-state index in [1.165, 1.54) is 20.2 Å². The van der Waals surface area contributed by atoms with Gasteiger partial charge in [-0.05, 0) is 0 Å². The molecule has 0 saturated heterocycles. The van der Waals surface area contributed by atoms with Gasteiger partial charge in [-0.3, -0.25) is 9.63 Å². The Kier molecular flexibility index (Phi) is 2.29. The lowest BCUT2D eigenvalue weighted by atomic mass is 10.4. The quantitative estimate of drug-likeness (QED) is 0.628. The van der Waals surface area contributed by atoms with Crippen molar-refractivity contribution < 1.29 is 14.2 Å². The molecule has 0 saturated carbocycles. The fourth-order valence-electron chi connectivity index (χ4n) is 0.634. The second-order valence-electron chi connectivity index (χ2n) is 2.10. The molecule has 0 fully saturated rings. The van der Waals surface area contributed by atoms with Crippen LogP contribution in [0, 0.1) is 0 Å². The predicted molar refractivity (Wildman–Crippen MR) is 40.0 cm³/mol. The van der Waals surface area contributed by atoms with Gasteiger partial charge < -0.3 is 10.3 Å². The fourth-order valence-corrected chi connectivity index (χ4v) is 0.634. The molecule has 1 aromatic rings. The first-order valence-corrected chi connectivity index (χ1v) is 3.19. The molecule has 0 aliphatic rings. The zero-order valence-electron chi connectivity index (χ0n) is 6.77. The van der Waals surface area contributed by atoms with Gasteiger partial charge in [0.05, 0.1) is 7.11 Å². The van der Waals surface area contributed by atoms with Crippen LogP contribution in [0.15, 0.2) is 10.6 Å². The summed E-state index contributed by atoms with van der Waals surface area (Å²) in [6, 6.07) is 1.33. The number of hydrogen-bond acceptors (Lipinski definition) is 5. The van der Waals surface area contributed by atoms with E-state index in [0.717, 1.165) is 5.06 Å². The summed E-state index contributed by atoms with van der Waals surface area (Å²) in [6.07, 6.45) is 0. The number of anilines is 1. The highest BCUT2D eigenvalue weighted by Gasteiger charge is 2.15. The molecular formula is C6H9N3O3. The van der Waals surface area contributed by atoms with Gasteiger partial charge in [0.2, 0.25) is 5.88 Å². The first kappa shape index (κ1) is 8.54. The van der Waals surface area contributed by atoms with Crippen LogP contribution in [-0.4, -0.2) is 30.3 Å². The Labute approximate surface area is 68.8 Å². The zero-order chi connectivity index (χ0) is 9.14. The maximum absolute atomic E-state index is 11.2. The zero-order valence-corrected chi connectivity index (χ0v) is 6.77.